The van der Waals surface area contributed by atoms with Crippen molar-refractivity contribution in [3.05, 3.63) is 22.1 Å². The molecule has 0 saturated carbocycles. The summed E-state index contributed by atoms with van der Waals surface area (Å²) in [5.41, 5.74) is 2.66. The largest absolute Gasteiger partial charge is 0.309 e. The summed E-state index contributed by atoms with van der Waals surface area (Å²) >= 11 is 5.59. The molecule has 29 heavy (non-hydrogen) atoms. The molecule has 0 spiro atoms. The maximum atomic E-state index is 12.0. The Labute approximate surface area is 188 Å². The van der Waals surface area contributed by atoms with Gasteiger partial charge >= 0.3 is 0 Å². The number of allylic oxidation sites excluding steroid dienone is 2. The summed E-state index contributed by atoms with van der Waals surface area (Å²) in [5, 5.41) is 12.1. The predicted molar refractivity (Wildman–Crippen MR) is 129 cm³/mol. The lowest BCUT2D eigenvalue weighted by Gasteiger charge is -2.22. The third-order valence-electron chi connectivity index (χ3n) is 4.65. The number of amides is 1. The minimum atomic E-state index is 0.0464. The van der Waals surface area contributed by atoms with Crippen LogP contribution < -0.4 is 14.8 Å². The Morgan fingerprint density at radius 1 is 1.14 bits per heavy atom. The summed E-state index contributed by atoms with van der Waals surface area (Å²) in [6.07, 6.45) is 10.6. The SMILES string of the molecule is CCCCC/C(C)=C(/C=C(\C)SNC(=O)CCCCCC#N)C(CNS)NCC. The Kier molecular flexibility index (Phi) is 18.4. The van der Waals surface area contributed by atoms with Crippen LogP contribution in [-0.2, 0) is 4.79 Å². The van der Waals surface area contributed by atoms with E-state index in [4.69, 9.17) is 5.26 Å². The van der Waals surface area contributed by atoms with Gasteiger partial charge in [-0.25, -0.2) is 0 Å². The van der Waals surface area contributed by atoms with Crippen LogP contribution in [0.15, 0.2) is 22.1 Å². The van der Waals surface area contributed by atoms with Gasteiger partial charge in [0.1, 0.15) is 0 Å². The van der Waals surface area contributed by atoms with Crippen LogP contribution in [0, 0.1) is 11.3 Å². The van der Waals surface area contributed by atoms with Crippen LogP contribution in [-0.4, -0.2) is 25.0 Å². The first-order valence-corrected chi connectivity index (χ1v) is 12.1. The number of unbranched alkanes of at least 4 members (excludes halogenated alkanes) is 5. The Bertz CT molecular complexity index is 550. The molecule has 0 bridgehead atoms. The van der Waals surface area contributed by atoms with E-state index >= 15 is 0 Å². The number of carbonyl (C=O) groups is 1. The first-order chi connectivity index (χ1) is 14.0. The molecule has 0 rings (SSSR count). The van der Waals surface area contributed by atoms with Crippen molar-refractivity contribution in [1.82, 2.24) is 14.8 Å². The molecule has 1 amide bonds. The molecule has 0 fully saturated rings. The highest BCUT2D eigenvalue weighted by molar-refractivity contribution is 8.01. The van der Waals surface area contributed by atoms with Gasteiger partial charge < -0.3 is 5.32 Å². The van der Waals surface area contributed by atoms with Crippen LogP contribution in [0.5, 0.6) is 0 Å². The molecule has 0 aromatic carbocycles. The van der Waals surface area contributed by atoms with E-state index in [1.54, 1.807) is 0 Å². The Balaban J connectivity index is 4.94. The fourth-order valence-electron chi connectivity index (χ4n) is 3.04. The second kappa shape index (κ2) is 19.0. The van der Waals surface area contributed by atoms with Crippen LogP contribution in [0.3, 0.4) is 0 Å². The number of thiol groups is 1. The quantitative estimate of drug-likeness (QED) is 0.105. The average Bonchev–Trinajstić information content (AvgIpc) is 2.70. The highest BCUT2D eigenvalue weighted by Gasteiger charge is 2.14. The molecule has 0 saturated heterocycles. The number of rotatable bonds is 17. The minimum Gasteiger partial charge on any atom is -0.309 e. The van der Waals surface area contributed by atoms with Crippen molar-refractivity contribution in [1.29, 1.82) is 5.26 Å². The third-order valence-corrected chi connectivity index (χ3v) is 5.60. The Hall–Kier alpha value is -0.940. The van der Waals surface area contributed by atoms with Crippen molar-refractivity contribution in [2.24, 2.45) is 0 Å². The first-order valence-electron chi connectivity index (χ1n) is 10.8. The number of carbonyl (C=O) groups excluding carboxylic acids is 1. The van der Waals surface area contributed by atoms with Crippen molar-refractivity contribution in [3.8, 4) is 6.07 Å². The van der Waals surface area contributed by atoms with Gasteiger partial charge in [-0.1, -0.05) is 51.5 Å². The lowest BCUT2D eigenvalue weighted by atomic mass is 9.96. The molecule has 0 aliphatic carbocycles. The summed E-state index contributed by atoms with van der Waals surface area (Å²) in [6, 6.07) is 2.32. The molecular weight excluding hydrogens is 400 g/mol. The molecule has 0 aliphatic rings. The normalized spacial score (nSPS) is 13.6. The van der Waals surface area contributed by atoms with Crippen molar-refractivity contribution in [2.45, 2.75) is 91.5 Å². The minimum absolute atomic E-state index is 0.0464. The van der Waals surface area contributed by atoms with Gasteiger partial charge in [0.25, 0.3) is 0 Å². The Morgan fingerprint density at radius 3 is 2.48 bits per heavy atom. The number of nitrogens with one attached hydrogen (secondary N) is 3. The average molecular weight is 441 g/mol. The second-order valence-electron chi connectivity index (χ2n) is 7.27. The van der Waals surface area contributed by atoms with Crippen LogP contribution in [0.4, 0.5) is 0 Å². The number of hydrogen-bond acceptors (Lipinski definition) is 6. The topological polar surface area (TPSA) is 77.0 Å². The standard InChI is InChI=1S/C22H40N4OS2/c1-5-7-10-13-18(3)20(21(17-25-28)24-6-2)16-19(4)29-26-22(27)14-11-8-9-12-15-23/h16,21,24-25,28H,5-14,17H2,1-4H3,(H,26,27)/b19-16+,20-18-. The predicted octanol–water partition coefficient (Wildman–Crippen LogP) is 5.44. The second-order valence-corrected chi connectivity index (χ2v) is 8.63. The van der Waals surface area contributed by atoms with E-state index in [2.05, 4.69) is 60.5 Å². The number of hydrogen-bond donors (Lipinski definition) is 4. The lowest BCUT2D eigenvalue weighted by molar-refractivity contribution is -0.119. The van der Waals surface area contributed by atoms with E-state index in [1.165, 1.54) is 42.4 Å². The number of likely N-dealkylation sites (N-methyl/N-ethyl adjacent to an activating group) is 1. The Morgan fingerprint density at radius 2 is 1.86 bits per heavy atom. The van der Waals surface area contributed by atoms with Crippen molar-refractivity contribution in [3.63, 3.8) is 0 Å². The molecule has 7 heteroatoms. The molecule has 0 aliphatic heterocycles. The third kappa shape index (κ3) is 14.6. The smallest absolute Gasteiger partial charge is 0.230 e. The van der Waals surface area contributed by atoms with Crippen molar-refractivity contribution < 1.29 is 4.79 Å². The summed E-state index contributed by atoms with van der Waals surface area (Å²) in [6.45, 7) is 10.2. The van der Waals surface area contributed by atoms with Crippen LogP contribution >= 0.6 is 24.8 Å². The monoisotopic (exact) mass is 440 g/mol. The molecule has 3 N–H and O–H groups in total. The van der Waals surface area contributed by atoms with E-state index in [9.17, 15) is 4.79 Å². The molecule has 1 unspecified atom stereocenters. The molecular formula is C22H40N4OS2. The van der Waals surface area contributed by atoms with E-state index < -0.39 is 0 Å². The van der Waals surface area contributed by atoms with Crippen molar-refractivity contribution in [2.75, 3.05) is 13.1 Å². The van der Waals surface area contributed by atoms with Crippen LogP contribution in [0.25, 0.3) is 0 Å². The molecule has 5 nitrogen and oxygen atoms in total. The molecule has 0 aromatic rings. The van der Waals surface area contributed by atoms with Gasteiger partial charge in [-0.05, 0) is 69.7 Å². The van der Waals surface area contributed by atoms with Gasteiger partial charge in [-0.15, -0.1) is 0 Å². The highest BCUT2D eigenvalue weighted by atomic mass is 32.2. The van der Waals surface area contributed by atoms with Gasteiger partial charge in [-0.3, -0.25) is 14.2 Å². The number of nitriles is 1. The molecule has 166 valence electrons. The van der Waals surface area contributed by atoms with Crippen LogP contribution in [0.2, 0.25) is 0 Å². The van der Waals surface area contributed by atoms with E-state index in [0.29, 0.717) is 12.8 Å². The molecule has 0 heterocycles. The number of nitrogens with zero attached hydrogens (tertiary/aromatic N) is 1. The molecule has 0 radical (unpaired) electrons. The fraction of sp³-hybridized carbons (Fsp3) is 0.727. The van der Waals surface area contributed by atoms with E-state index in [1.807, 2.05) is 6.92 Å². The summed E-state index contributed by atoms with van der Waals surface area (Å²) in [5.74, 6) is 0.0464. The van der Waals surface area contributed by atoms with Gasteiger partial charge in [-0.2, -0.15) is 5.26 Å². The maximum Gasteiger partial charge on any atom is 0.230 e. The first kappa shape index (κ1) is 28.1. The van der Waals surface area contributed by atoms with Crippen molar-refractivity contribution >= 4 is 30.7 Å². The summed E-state index contributed by atoms with van der Waals surface area (Å²) < 4.78 is 5.93. The maximum absolute atomic E-state index is 12.0. The molecule has 1 atom stereocenters. The van der Waals surface area contributed by atoms with Crippen LogP contribution in [0.1, 0.15) is 85.5 Å². The van der Waals surface area contributed by atoms with Gasteiger partial charge in [0.15, 0.2) is 0 Å². The van der Waals surface area contributed by atoms with Gasteiger partial charge in [0, 0.05) is 30.3 Å². The zero-order valence-electron chi connectivity index (χ0n) is 18.6. The summed E-state index contributed by atoms with van der Waals surface area (Å²) in [4.78, 5) is 13.1. The lowest BCUT2D eigenvalue weighted by Crippen LogP contribution is -2.38. The van der Waals surface area contributed by atoms with E-state index in [0.717, 1.165) is 43.7 Å². The van der Waals surface area contributed by atoms with Gasteiger partial charge in [0.2, 0.25) is 5.91 Å². The highest BCUT2D eigenvalue weighted by Crippen LogP contribution is 2.22. The fourth-order valence-corrected chi connectivity index (χ4v) is 3.78. The zero-order chi connectivity index (χ0) is 21.9. The van der Waals surface area contributed by atoms with Gasteiger partial charge in [0.05, 0.1) is 6.07 Å². The van der Waals surface area contributed by atoms with E-state index in [-0.39, 0.29) is 11.9 Å². The summed E-state index contributed by atoms with van der Waals surface area (Å²) in [7, 11) is 0. The molecule has 0 aromatic heterocycles. The zero-order valence-corrected chi connectivity index (χ0v) is 20.4.